The summed E-state index contributed by atoms with van der Waals surface area (Å²) in [6.45, 7) is 6.41. The van der Waals surface area contributed by atoms with Gasteiger partial charge in [-0.2, -0.15) is 0 Å². The Bertz CT molecular complexity index is 1310. The molecule has 370 valence electrons. The molecule has 0 amide bonds. The number of unbranched alkanes of at least 4 members (excludes halogenated alkanes) is 20. The lowest BCUT2D eigenvalue weighted by Gasteiger charge is -2.18. The average Bonchev–Trinajstić information content (AvgIpc) is 3.30. The van der Waals surface area contributed by atoms with Crippen LogP contribution in [0.3, 0.4) is 0 Å². The van der Waals surface area contributed by atoms with Crippen LogP contribution in [0.2, 0.25) is 0 Å². The molecule has 0 fully saturated rings. The Morgan fingerprint density at radius 3 is 0.969 bits per heavy atom. The summed E-state index contributed by atoms with van der Waals surface area (Å²) in [4.78, 5) is 38.0. The molecule has 0 heterocycles. The summed E-state index contributed by atoms with van der Waals surface area (Å²) in [7, 11) is 0. The summed E-state index contributed by atoms with van der Waals surface area (Å²) in [5.74, 6) is -0.969. The molecule has 6 heteroatoms. The van der Waals surface area contributed by atoms with Crippen LogP contribution in [0, 0.1) is 0 Å². The van der Waals surface area contributed by atoms with Gasteiger partial charge in [-0.1, -0.05) is 195 Å². The standard InChI is InChI=1S/C59H98O6/c1-4-7-10-13-16-19-22-25-28-29-32-34-37-40-43-46-49-52-58(61)64-55-56(65-59(62)53-50-47-44-41-38-35-31-27-24-21-18-15-12-9-6-3)54-63-57(60)51-48-45-42-39-36-33-30-26-23-20-17-14-11-8-5-2/h8,11,16-21,25-28,30-31,38,41,56H,4-7,9-10,12-15,22-24,29,32-37,39-40,42-55H2,1-3H3/b11-8-,19-16-,20-17-,21-18-,28-25-,30-26-,31-27-,41-38-/t56-/m1/s1. The molecular weight excluding hydrogens is 805 g/mol. The van der Waals surface area contributed by atoms with Gasteiger partial charge < -0.3 is 14.2 Å². The molecule has 0 aromatic heterocycles. The van der Waals surface area contributed by atoms with Crippen LogP contribution >= 0.6 is 0 Å². The lowest BCUT2D eigenvalue weighted by Crippen LogP contribution is -2.30. The fourth-order valence-electron chi connectivity index (χ4n) is 7.02. The summed E-state index contributed by atoms with van der Waals surface area (Å²) < 4.78 is 16.8. The van der Waals surface area contributed by atoms with E-state index in [1.54, 1.807) is 0 Å². The van der Waals surface area contributed by atoms with Crippen molar-refractivity contribution in [3.8, 4) is 0 Å². The maximum atomic E-state index is 12.8. The van der Waals surface area contributed by atoms with Crippen molar-refractivity contribution < 1.29 is 28.6 Å². The molecule has 0 saturated carbocycles. The van der Waals surface area contributed by atoms with Gasteiger partial charge in [-0.25, -0.2) is 0 Å². The molecular formula is C59H98O6. The maximum absolute atomic E-state index is 12.8. The third-order valence-corrected chi connectivity index (χ3v) is 11.0. The third-order valence-electron chi connectivity index (χ3n) is 11.0. The smallest absolute Gasteiger partial charge is 0.306 e. The van der Waals surface area contributed by atoms with Crippen molar-refractivity contribution in [2.24, 2.45) is 0 Å². The number of carbonyl (C=O) groups is 3. The van der Waals surface area contributed by atoms with Crippen molar-refractivity contribution in [1.82, 2.24) is 0 Å². The number of hydrogen-bond donors (Lipinski definition) is 0. The predicted octanol–water partition coefficient (Wildman–Crippen LogP) is 17.8. The van der Waals surface area contributed by atoms with Gasteiger partial charge in [0.05, 0.1) is 0 Å². The summed E-state index contributed by atoms with van der Waals surface area (Å²) in [5, 5.41) is 0. The fraction of sp³-hybridized carbons (Fsp3) is 0.678. The van der Waals surface area contributed by atoms with Crippen LogP contribution in [-0.2, 0) is 28.6 Å². The molecule has 0 rings (SSSR count). The largest absolute Gasteiger partial charge is 0.462 e. The van der Waals surface area contributed by atoms with Crippen LogP contribution in [0.25, 0.3) is 0 Å². The van der Waals surface area contributed by atoms with E-state index in [1.807, 2.05) is 0 Å². The van der Waals surface area contributed by atoms with Crippen molar-refractivity contribution in [3.63, 3.8) is 0 Å². The highest BCUT2D eigenvalue weighted by atomic mass is 16.6. The first kappa shape index (κ1) is 61.3. The second kappa shape index (κ2) is 52.9. The number of ether oxygens (including phenoxy) is 3. The summed E-state index contributed by atoms with van der Waals surface area (Å²) in [5.41, 5.74) is 0. The minimum Gasteiger partial charge on any atom is -0.462 e. The molecule has 0 aliphatic heterocycles. The van der Waals surface area contributed by atoms with E-state index in [9.17, 15) is 14.4 Å². The Labute approximate surface area is 400 Å². The highest BCUT2D eigenvalue weighted by Crippen LogP contribution is 2.13. The van der Waals surface area contributed by atoms with Crippen molar-refractivity contribution in [2.45, 2.75) is 245 Å². The van der Waals surface area contributed by atoms with Crippen LogP contribution in [0.5, 0.6) is 0 Å². The molecule has 65 heavy (non-hydrogen) atoms. The molecule has 0 radical (unpaired) electrons. The normalized spacial score (nSPS) is 12.8. The van der Waals surface area contributed by atoms with E-state index in [2.05, 4.69) is 118 Å². The second-order valence-corrected chi connectivity index (χ2v) is 17.4. The van der Waals surface area contributed by atoms with E-state index in [0.717, 1.165) is 116 Å². The van der Waals surface area contributed by atoms with Gasteiger partial charge in [0.15, 0.2) is 6.10 Å². The van der Waals surface area contributed by atoms with Crippen molar-refractivity contribution >= 4 is 17.9 Å². The van der Waals surface area contributed by atoms with E-state index < -0.39 is 6.10 Å². The molecule has 0 spiro atoms. The van der Waals surface area contributed by atoms with Crippen molar-refractivity contribution in [1.29, 1.82) is 0 Å². The Balaban J connectivity index is 4.49. The summed E-state index contributed by atoms with van der Waals surface area (Å²) in [6, 6.07) is 0. The summed E-state index contributed by atoms with van der Waals surface area (Å²) >= 11 is 0. The summed E-state index contributed by atoms with van der Waals surface area (Å²) in [6.07, 6.45) is 69.6. The molecule has 0 aliphatic carbocycles. The average molecular weight is 903 g/mol. The lowest BCUT2D eigenvalue weighted by atomic mass is 10.1. The molecule has 6 nitrogen and oxygen atoms in total. The van der Waals surface area contributed by atoms with E-state index in [4.69, 9.17) is 14.2 Å². The van der Waals surface area contributed by atoms with E-state index >= 15 is 0 Å². The topological polar surface area (TPSA) is 78.9 Å². The molecule has 0 unspecified atom stereocenters. The van der Waals surface area contributed by atoms with E-state index in [-0.39, 0.29) is 37.5 Å². The third kappa shape index (κ3) is 51.2. The number of esters is 3. The molecule has 0 aliphatic rings. The van der Waals surface area contributed by atoms with Gasteiger partial charge in [0, 0.05) is 19.3 Å². The number of allylic oxidation sites excluding steroid dienone is 16. The number of carbonyl (C=O) groups excluding carboxylic acids is 3. The minimum absolute atomic E-state index is 0.104. The number of hydrogen-bond acceptors (Lipinski definition) is 6. The molecule has 0 bridgehead atoms. The Morgan fingerprint density at radius 1 is 0.323 bits per heavy atom. The van der Waals surface area contributed by atoms with Crippen LogP contribution in [0.4, 0.5) is 0 Å². The van der Waals surface area contributed by atoms with Crippen LogP contribution in [-0.4, -0.2) is 37.2 Å². The second-order valence-electron chi connectivity index (χ2n) is 17.4. The minimum atomic E-state index is -0.809. The molecule has 0 aromatic carbocycles. The van der Waals surface area contributed by atoms with Gasteiger partial charge in [0.2, 0.25) is 0 Å². The zero-order valence-electron chi connectivity index (χ0n) is 42.2. The van der Waals surface area contributed by atoms with E-state index in [0.29, 0.717) is 19.3 Å². The van der Waals surface area contributed by atoms with Crippen molar-refractivity contribution in [2.75, 3.05) is 13.2 Å². The Hall–Kier alpha value is -3.67. The Kier molecular flexibility index (Phi) is 50.0. The SMILES string of the molecule is CC/C=C\C/C=C\C/C=C\CCCCCCCC(=O)OC[C@H](COC(=O)CCCCCCCCC/C=C\C/C=C\CCCCC)OC(=O)CCCC/C=C\C/C=C\C/C=C\CCCCC. The van der Waals surface area contributed by atoms with Gasteiger partial charge >= 0.3 is 17.9 Å². The molecule has 0 saturated heterocycles. The van der Waals surface area contributed by atoms with Gasteiger partial charge in [0.1, 0.15) is 13.2 Å². The zero-order valence-corrected chi connectivity index (χ0v) is 42.2. The quantitative estimate of drug-likeness (QED) is 0.0262. The van der Waals surface area contributed by atoms with Gasteiger partial charge in [-0.3, -0.25) is 14.4 Å². The van der Waals surface area contributed by atoms with Crippen LogP contribution < -0.4 is 0 Å². The van der Waals surface area contributed by atoms with Crippen LogP contribution in [0.1, 0.15) is 239 Å². The maximum Gasteiger partial charge on any atom is 0.306 e. The molecule has 0 N–H and O–H groups in total. The lowest BCUT2D eigenvalue weighted by molar-refractivity contribution is -0.167. The zero-order chi connectivity index (χ0) is 47.2. The molecule has 0 aromatic rings. The monoisotopic (exact) mass is 903 g/mol. The van der Waals surface area contributed by atoms with E-state index in [1.165, 1.54) is 77.0 Å². The molecule has 1 atom stereocenters. The van der Waals surface area contributed by atoms with Crippen molar-refractivity contribution in [3.05, 3.63) is 97.2 Å². The Morgan fingerprint density at radius 2 is 0.600 bits per heavy atom. The first-order valence-electron chi connectivity index (χ1n) is 26.7. The van der Waals surface area contributed by atoms with Crippen LogP contribution in [0.15, 0.2) is 97.2 Å². The van der Waals surface area contributed by atoms with Gasteiger partial charge in [-0.15, -0.1) is 0 Å². The fourth-order valence-corrected chi connectivity index (χ4v) is 7.02. The van der Waals surface area contributed by atoms with Gasteiger partial charge in [0.25, 0.3) is 0 Å². The first-order chi connectivity index (χ1) is 32.0. The highest BCUT2D eigenvalue weighted by molar-refractivity contribution is 5.71. The predicted molar refractivity (Wildman–Crippen MR) is 279 cm³/mol. The first-order valence-corrected chi connectivity index (χ1v) is 26.7. The highest BCUT2D eigenvalue weighted by Gasteiger charge is 2.19. The number of rotatable bonds is 47. The van der Waals surface area contributed by atoms with Gasteiger partial charge in [-0.05, 0) is 122 Å².